The molecule has 0 atom stereocenters. The minimum absolute atomic E-state index is 0.213. The average molecular weight is 359 g/mol. The van der Waals surface area contributed by atoms with Crippen LogP contribution in [0.15, 0.2) is 36.7 Å². The van der Waals surface area contributed by atoms with Crippen molar-refractivity contribution in [1.29, 1.82) is 0 Å². The van der Waals surface area contributed by atoms with Crippen LogP contribution in [-0.4, -0.2) is 62.3 Å². The first-order chi connectivity index (χ1) is 12.7. The van der Waals surface area contributed by atoms with Gasteiger partial charge in [0.2, 0.25) is 5.95 Å². The van der Waals surface area contributed by atoms with Crippen LogP contribution in [0.3, 0.4) is 0 Å². The van der Waals surface area contributed by atoms with Gasteiger partial charge in [0.1, 0.15) is 5.82 Å². The largest absolute Gasteiger partial charge is 0.383 e. The van der Waals surface area contributed by atoms with Crippen LogP contribution in [0.25, 0.3) is 0 Å². The number of hydrogen-bond acceptors (Lipinski definition) is 6. The molecule has 1 saturated heterocycles. The van der Waals surface area contributed by atoms with E-state index in [0.717, 1.165) is 31.9 Å². The Hall–Kier alpha value is -2.74. The lowest BCUT2D eigenvalue weighted by Gasteiger charge is -2.36. The fourth-order valence-electron chi connectivity index (χ4n) is 2.79. The van der Waals surface area contributed by atoms with Gasteiger partial charge in [0.05, 0.1) is 12.2 Å². The highest BCUT2D eigenvalue weighted by atomic mass is 19.1. The van der Waals surface area contributed by atoms with Crippen LogP contribution < -0.4 is 15.1 Å². The summed E-state index contributed by atoms with van der Waals surface area (Å²) in [4.78, 5) is 24.8. The summed E-state index contributed by atoms with van der Waals surface area (Å²) < 4.78 is 17.9. The van der Waals surface area contributed by atoms with Gasteiger partial charge in [-0.15, -0.1) is 0 Å². The molecule has 1 aliphatic heterocycles. The highest BCUT2D eigenvalue weighted by Gasteiger charge is 2.19. The van der Waals surface area contributed by atoms with E-state index in [2.05, 4.69) is 25.1 Å². The summed E-state index contributed by atoms with van der Waals surface area (Å²) in [5.41, 5.74) is 1.44. The molecule has 3 rings (SSSR count). The van der Waals surface area contributed by atoms with Crippen molar-refractivity contribution in [3.05, 3.63) is 48.0 Å². The van der Waals surface area contributed by atoms with Crippen LogP contribution in [0.2, 0.25) is 0 Å². The Bertz CT molecular complexity index is 715. The maximum Gasteiger partial charge on any atom is 0.254 e. The molecular weight excluding hydrogens is 337 g/mol. The third-order valence-corrected chi connectivity index (χ3v) is 4.25. The summed E-state index contributed by atoms with van der Waals surface area (Å²) >= 11 is 0. The third-order valence-electron chi connectivity index (χ3n) is 4.25. The van der Waals surface area contributed by atoms with Crippen molar-refractivity contribution in [2.45, 2.75) is 0 Å². The number of ether oxygens (including phenoxy) is 1. The van der Waals surface area contributed by atoms with Gasteiger partial charge >= 0.3 is 0 Å². The number of rotatable bonds is 6. The van der Waals surface area contributed by atoms with E-state index < -0.39 is 0 Å². The van der Waals surface area contributed by atoms with Crippen molar-refractivity contribution in [2.75, 3.05) is 56.2 Å². The van der Waals surface area contributed by atoms with E-state index in [1.165, 1.54) is 24.5 Å². The maximum absolute atomic E-state index is 13.0. The van der Waals surface area contributed by atoms with Crippen LogP contribution >= 0.6 is 0 Å². The Morgan fingerprint density at radius 2 is 1.73 bits per heavy atom. The van der Waals surface area contributed by atoms with E-state index in [9.17, 15) is 9.18 Å². The quantitative estimate of drug-likeness (QED) is 0.785. The molecule has 26 heavy (non-hydrogen) atoms. The number of benzene rings is 1. The van der Waals surface area contributed by atoms with Gasteiger partial charge < -0.3 is 19.9 Å². The summed E-state index contributed by atoms with van der Waals surface area (Å²) in [7, 11) is 1.58. The summed E-state index contributed by atoms with van der Waals surface area (Å²) in [6.07, 6.45) is 3.08. The molecule has 0 aliphatic carbocycles. The molecule has 0 unspecified atom stereocenters. The fraction of sp³-hybridized carbons (Fsp3) is 0.389. The van der Waals surface area contributed by atoms with Gasteiger partial charge in [0, 0.05) is 57.9 Å². The monoisotopic (exact) mass is 359 g/mol. The van der Waals surface area contributed by atoms with Crippen molar-refractivity contribution >= 4 is 17.5 Å². The SMILES string of the molecule is COCCNC(=O)c1cnc(N2CCN(c3ccc(F)cc3)CC2)nc1. The van der Waals surface area contributed by atoms with Crippen LogP contribution in [0.5, 0.6) is 0 Å². The molecule has 0 radical (unpaired) electrons. The second-order valence-electron chi connectivity index (χ2n) is 5.97. The number of aromatic nitrogens is 2. The summed E-state index contributed by atoms with van der Waals surface area (Å²) in [6, 6.07) is 6.53. The molecule has 0 spiro atoms. The molecule has 0 saturated carbocycles. The number of carbonyl (C=O) groups is 1. The van der Waals surface area contributed by atoms with Crippen molar-refractivity contribution in [1.82, 2.24) is 15.3 Å². The van der Waals surface area contributed by atoms with E-state index in [1.54, 1.807) is 19.2 Å². The second-order valence-corrected chi connectivity index (χ2v) is 5.97. The second kappa shape index (κ2) is 8.57. The van der Waals surface area contributed by atoms with Crippen molar-refractivity contribution in [2.24, 2.45) is 0 Å². The third kappa shape index (κ3) is 4.45. The molecular formula is C18H22FN5O2. The number of hydrogen-bond donors (Lipinski definition) is 1. The van der Waals surface area contributed by atoms with Gasteiger partial charge in [0.25, 0.3) is 5.91 Å². The lowest BCUT2D eigenvalue weighted by atomic mass is 10.2. The molecule has 138 valence electrons. The minimum Gasteiger partial charge on any atom is -0.383 e. The fourth-order valence-corrected chi connectivity index (χ4v) is 2.79. The van der Waals surface area contributed by atoms with Crippen molar-refractivity contribution < 1.29 is 13.9 Å². The minimum atomic E-state index is -0.230. The van der Waals surface area contributed by atoms with Crippen LogP contribution in [0.4, 0.5) is 16.0 Å². The predicted molar refractivity (Wildman–Crippen MR) is 97.1 cm³/mol. The molecule has 1 aromatic heterocycles. The van der Waals surface area contributed by atoms with Gasteiger partial charge in [-0.1, -0.05) is 0 Å². The van der Waals surface area contributed by atoms with Crippen LogP contribution in [0.1, 0.15) is 10.4 Å². The molecule has 8 heteroatoms. The molecule has 1 aliphatic rings. The van der Waals surface area contributed by atoms with Gasteiger partial charge in [-0.3, -0.25) is 4.79 Å². The van der Waals surface area contributed by atoms with E-state index >= 15 is 0 Å². The number of anilines is 2. The zero-order chi connectivity index (χ0) is 18.4. The first kappa shape index (κ1) is 18.1. The smallest absolute Gasteiger partial charge is 0.254 e. The Kier molecular flexibility index (Phi) is 5.96. The molecule has 1 aromatic carbocycles. The highest BCUT2D eigenvalue weighted by molar-refractivity contribution is 5.93. The van der Waals surface area contributed by atoms with Crippen molar-refractivity contribution in [3.63, 3.8) is 0 Å². The first-order valence-electron chi connectivity index (χ1n) is 8.52. The number of methoxy groups -OCH3 is 1. The zero-order valence-electron chi connectivity index (χ0n) is 14.7. The van der Waals surface area contributed by atoms with Crippen LogP contribution in [0, 0.1) is 5.82 Å². The zero-order valence-corrected chi connectivity index (χ0v) is 14.7. The lowest BCUT2D eigenvalue weighted by molar-refractivity contribution is 0.0936. The van der Waals surface area contributed by atoms with E-state index in [1.807, 2.05) is 0 Å². The van der Waals surface area contributed by atoms with Gasteiger partial charge in [-0.2, -0.15) is 0 Å². The highest BCUT2D eigenvalue weighted by Crippen LogP contribution is 2.18. The molecule has 2 heterocycles. The number of carbonyl (C=O) groups excluding carboxylic acids is 1. The Balaban J connectivity index is 1.54. The van der Waals surface area contributed by atoms with Gasteiger partial charge in [-0.05, 0) is 24.3 Å². The Labute approximate surface area is 151 Å². The summed E-state index contributed by atoms with van der Waals surface area (Å²) in [5.74, 6) is 0.166. The predicted octanol–water partition coefficient (Wildman–Crippen LogP) is 1.32. The molecule has 7 nitrogen and oxygen atoms in total. The number of piperazine rings is 1. The van der Waals surface area contributed by atoms with Crippen LogP contribution in [-0.2, 0) is 4.74 Å². The lowest BCUT2D eigenvalue weighted by Crippen LogP contribution is -2.47. The average Bonchev–Trinajstić information content (AvgIpc) is 2.69. The van der Waals surface area contributed by atoms with E-state index in [0.29, 0.717) is 24.7 Å². The Morgan fingerprint density at radius 3 is 2.35 bits per heavy atom. The van der Waals surface area contributed by atoms with Crippen molar-refractivity contribution in [3.8, 4) is 0 Å². The van der Waals surface area contributed by atoms with E-state index in [4.69, 9.17) is 4.74 Å². The van der Waals surface area contributed by atoms with E-state index in [-0.39, 0.29) is 11.7 Å². The molecule has 1 amide bonds. The number of nitrogens with one attached hydrogen (secondary N) is 1. The molecule has 1 N–H and O–H groups in total. The topological polar surface area (TPSA) is 70.6 Å². The molecule has 0 bridgehead atoms. The van der Waals surface area contributed by atoms with Gasteiger partial charge in [0.15, 0.2) is 0 Å². The number of amides is 1. The molecule has 2 aromatic rings. The summed E-state index contributed by atoms with van der Waals surface area (Å²) in [6.45, 7) is 4.03. The summed E-state index contributed by atoms with van der Waals surface area (Å²) in [5, 5.41) is 2.74. The number of nitrogens with zero attached hydrogens (tertiary/aromatic N) is 4. The maximum atomic E-state index is 13.0. The molecule has 1 fully saturated rings. The van der Waals surface area contributed by atoms with Gasteiger partial charge in [-0.25, -0.2) is 14.4 Å². The normalized spacial score (nSPS) is 14.4. The number of halogens is 1. The Morgan fingerprint density at radius 1 is 1.12 bits per heavy atom. The standard InChI is InChI=1S/C18H22FN5O2/c1-26-11-6-20-17(25)14-12-21-18(22-13-14)24-9-7-23(8-10-24)16-4-2-15(19)3-5-16/h2-5,12-13H,6-11H2,1H3,(H,20,25). The first-order valence-corrected chi connectivity index (χ1v) is 8.52.